The Hall–Kier alpha value is -3.22. The molecule has 6 nitrogen and oxygen atoms in total. The molecule has 172 valence electrons. The lowest BCUT2D eigenvalue weighted by atomic mass is 10.1. The molecule has 1 amide bonds. The Morgan fingerprint density at radius 3 is 2.79 bits per heavy atom. The molecule has 0 aliphatic rings. The number of aryl methyl sites for hydroxylation is 1. The molecule has 2 aromatic heterocycles. The summed E-state index contributed by atoms with van der Waals surface area (Å²) in [6.45, 7) is 5.84. The van der Waals surface area contributed by atoms with Gasteiger partial charge in [-0.3, -0.25) is 9.69 Å². The molecule has 0 spiro atoms. The summed E-state index contributed by atoms with van der Waals surface area (Å²) in [7, 11) is 2.07. The predicted octanol–water partition coefficient (Wildman–Crippen LogP) is 5.55. The van der Waals surface area contributed by atoms with Crippen LogP contribution in [-0.2, 0) is 13.1 Å². The summed E-state index contributed by atoms with van der Waals surface area (Å²) in [5.74, 6) is 0.618. The molecular weight excluding hydrogens is 438 g/mol. The number of fused-ring (bicyclic) bond motifs is 1. The van der Waals surface area contributed by atoms with Crippen molar-refractivity contribution in [2.75, 3.05) is 13.6 Å². The number of nitrogens with zero attached hydrogens (tertiary/aromatic N) is 1. The number of aromatic amines is 1. The van der Waals surface area contributed by atoms with E-state index in [0.29, 0.717) is 17.3 Å². The van der Waals surface area contributed by atoms with Crippen LogP contribution in [0.2, 0.25) is 5.02 Å². The van der Waals surface area contributed by atoms with E-state index >= 15 is 0 Å². The van der Waals surface area contributed by atoms with Gasteiger partial charge in [0.25, 0.3) is 5.91 Å². The highest BCUT2D eigenvalue weighted by molar-refractivity contribution is 6.31. The molecule has 4 rings (SSSR count). The van der Waals surface area contributed by atoms with Crippen molar-refractivity contribution < 1.29 is 13.9 Å². The Morgan fingerprint density at radius 1 is 1.18 bits per heavy atom. The molecule has 7 heteroatoms. The number of benzene rings is 2. The number of H-pyrrole nitrogens is 1. The first-order chi connectivity index (χ1) is 15.9. The molecule has 4 aromatic rings. The van der Waals surface area contributed by atoms with E-state index in [1.165, 1.54) is 0 Å². The minimum atomic E-state index is -0.188. The Bertz CT molecular complexity index is 1230. The lowest BCUT2D eigenvalue weighted by Crippen LogP contribution is -2.34. The molecule has 1 atom stereocenters. The van der Waals surface area contributed by atoms with Crippen LogP contribution in [0.1, 0.15) is 34.1 Å². The zero-order valence-corrected chi connectivity index (χ0v) is 19.8. The number of amides is 1. The smallest absolute Gasteiger partial charge is 0.268 e. The number of carbonyl (C=O) groups excluding carboxylic acids is 1. The van der Waals surface area contributed by atoms with Crippen LogP contribution in [0.3, 0.4) is 0 Å². The Kier molecular flexibility index (Phi) is 7.06. The summed E-state index contributed by atoms with van der Waals surface area (Å²) in [6, 6.07) is 15.6. The van der Waals surface area contributed by atoms with Crippen LogP contribution >= 0.6 is 11.6 Å². The van der Waals surface area contributed by atoms with Gasteiger partial charge in [-0.2, -0.15) is 0 Å². The predicted molar refractivity (Wildman–Crippen MR) is 131 cm³/mol. The van der Waals surface area contributed by atoms with Crippen molar-refractivity contribution in [2.45, 2.75) is 33.0 Å². The van der Waals surface area contributed by atoms with Crippen LogP contribution in [0.4, 0.5) is 0 Å². The maximum absolute atomic E-state index is 12.7. The van der Waals surface area contributed by atoms with Gasteiger partial charge in [-0.05, 0) is 68.4 Å². The Balaban J connectivity index is 1.31. The third-order valence-corrected chi connectivity index (χ3v) is 5.75. The number of rotatable bonds is 9. The van der Waals surface area contributed by atoms with Gasteiger partial charge < -0.3 is 19.5 Å². The maximum atomic E-state index is 12.7. The van der Waals surface area contributed by atoms with Gasteiger partial charge in [-0.1, -0.05) is 23.7 Å². The topological polar surface area (TPSA) is 70.5 Å². The number of nitrogens with one attached hydrogen (secondary N) is 2. The lowest BCUT2D eigenvalue weighted by Gasteiger charge is -2.18. The number of hydrogen-bond donors (Lipinski definition) is 2. The van der Waals surface area contributed by atoms with Crippen molar-refractivity contribution in [3.63, 3.8) is 0 Å². The van der Waals surface area contributed by atoms with Gasteiger partial charge in [0.2, 0.25) is 0 Å². The fourth-order valence-electron chi connectivity index (χ4n) is 3.90. The minimum Gasteiger partial charge on any atom is -0.489 e. The SMILES string of the molecule is Cc1c(C(=O)NC[C@@H](C)Oc2cccc(CN(C)Cc3ccoc3)c2)[nH]c2ccc(Cl)cc12. The molecule has 0 fully saturated rings. The van der Waals surface area contributed by atoms with Crippen LogP contribution in [0.25, 0.3) is 10.9 Å². The van der Waals surface area contributed by atoms with Crippen molar-refractivity contribution in [1.82, 2.24) is 15.2 Å². The van der Waals surface area contributed by atoms with Gasteiger partial charge in [0.15, 0.2) is 0 Å². The zero-order valence-electron chi connectivity index (χ0n) is 19.0. The van der Waals surface area contributed by atoms with Crippen LogP contribution < -0.4 is 10.1 Å². The summed E-state index contributed by atoms with van der Waals surface area (Å²) in [5, 5.41) is 4.56. The lowest BCUT2D eigenvalue weighted by molar-refractivity contribution is 0.0927. The highest BCUT2D eigenvalue weighted by Crippen LogP contribution is 2.25. The Labute approximate surface area is 198 Å². The van der Waals surface area contributed by atoms with Gasteiger partial charge >= 0.3 is 0 Å². The van der Waals surface area contributed by atoms with Gasteiger partial charge in [0, 0.05) is 34.6 Å². The zero-order chi connectivity index (χ0) is 23.4. The summed E-state index contributed by atoms with van der Waals surface area (Å²) in [6.07, 6.45) is 3.26. The van der Waals surface area contributed by atoms with E-state index < -0.39 is 0 Å². The van der Waals surface area contributed by atoms with Gasteiger partial charge in [-0.25, -0.2) is 0 Å². The summed E-state index contributed by atoms with van der Waals surface area (Å²) in [5.41, 5.74) is 4.61. The second-order valence-corrected chi connectivity index (χ2v) is 8.84. The van der Waals surface area contributed by atoms with Crippen LogP contribution in [-0.4, -0.2) is 35.5 Å². The molecular formula is C26H28ClN3O3. The molecule has 2 aromatic carbocycles. The van der Waals surface area contributed by atoms with E-state index in [0.717, 1.165) is 46.4 Å². The highest BCUT2D eigenvalue weighted by atomic mass is 35.5. The van der Waals surface area contributed by atoms with Crippen LogP contribution in [0.5, 0.6) is 5.75 Å². The molecule has 33 heavy (non-hydrogen) atoms. The minimum absolute atomic E-state index is 0.162. The number of furan rings is 1. The molecule has 0 aliphatic heterocycles. The average molecular weight is 466 g/mol. The number of carbonyl (C=O) groups is 1. The maximum Gasteiger partial charge on any atom is 0.268 e. The standard InChI is InChI=1S/C26H28ClN3O3/c1-17(13-28-26(31)25-18(2)23-12-21(27)7-8-24(23)29-25)33-22-6-4-5-19(11-22)14-30(3)15-20-9-10-32-16-20/h4-12,16-17,29H,13-15H2,1-3H3,(H,28,31)/t17-/m1/s1. The fourth-order valence-corrected chi connectivity index (χ4v) is 4.08. The largest absolute Gasteiger partial charge is 0.489 e. The van der Waals surface area contributed by atoms with Crippen molar-refractivity contribution in [3.05, 3.63) is 88.5 Å². The first kappa shape index (κ1) is 23.0. The summed E-state index contributed by atoms with van der Waals surface area (Å²) in [4.78, 5) is 18.1. The first-order valence-corrected chi connectivity index (χ1v) is 11.3. The summed E-state index contributed by atoms with van der Waals surface area (Å²) >= 11 is 6.09. The molecule has 2 heterocycles. The number of hydrogen-bond acceptors (Lipinski definition) is 4. The average Bonchev–Trinajstić information content (AvgIpc) is 3.40. The van der Waals surface area contributed by atoms with Gasteiger partial charge in [-0.15, -0.1) is 0 Å². The van der Waals surface area contributed by atoms with E-state index in [4.69, 9.17) is 20.8 Å². The first-order valence-electron chi connectivity index (χ1n) is 10.9. The molecule has 0 saturated carbocycles. The molecule has 0 aliphatic carbocycles. The molecule has 2 N–H and O–H groups in total. The van der Waals surface area contributed by atoms with E-state index in [9.17, 15) is 4.79 Å². The fraction of sp³-hybridized carbons (Fsp3) is 0.269. The van der Waals surface area contributed by atoms with Crippen LogP contribution in [0, 0.1) is 6.92 Å². The van der Waals surface area contributed by atoms with E-state index in [-0.39, 0.29) is 12.0 Å². The van der Waals surface area contributed by atoms with Crippen molar-refractivity contribution in [3.8, 4) is 5.75 Å². The third-order valence-electron chi connectivity index (χ3n) is 5.52. The monoisotopic (exact) mass is 465 g/mol. The quantitative estimate of drug-likeness (QED) is 0.340. The second kappa shape index (κ2) is 10.1. The second-order valence-electron chi connectivity index (χ2n) is 8.40. The normalized spacial score (nSPS) is 12.3. The number of ether oxygens (including phenoxy) is 1. The number of aromatic nitrogens is 1. The van der Waals surface area contributed by atoms with Crippen molar-refractivity contribution in [1.29, 1.82) is 0 Å². The van der Waals surface area contributed by atoms with Crippen molar-refractivity contribution in [2.24, 2.45) is 0 Å². The van der Waals surface area contributed by atoms with E-state index in [1.807, 2.05) is 50.2 Å². The van der Waals surface area contributed by atoms with E-state index in [2.05, 4.69) is 28.3 Å². The Morgan fingerprint density at radius 2 is 2.00 bits per heavy atom. The van der Waals surface area contributed by atoms with Crippen molar-refractivity contribution >= 4 is 28.4 Å². The highest BCUT2D eigenvalue weighted by Gasteiger charge is 2.16. The molecule has 0 radical (unpaired) electrons. The van der Waals surface area contributed by atoms with Gasteiger partial charge in [0.05, 0.1) is 19.1 Å². The summed E-state index contributed by atoms with van der Waals surface area (Å²) < 4.78 is 11.2. The van der Waals surface area contributed by atoms with Gasteiger partial charge in [0.1, 0.15) is 17.5 Å². The third kappa shape index (κ3) is 5.78. The molecule has 0 bridgehead atoms. The number of halogens is 1. The molecule has 0 unspecified atom stereocenters. The molecule has 0 saturated heterocycles. The van der Waals surface area contributed by atoms with Crippen LogP contribution in [0.15, 0.2) is 65.5 Å². The van der Waals surface area contributed by atoms with E-state index in [1.54, 1.807) is 18.6 Å².